The van der Waals surface area contributed by atoms with E-state index < -0.39 is 12.0 Å². The van der Waals surface area contributed by atoms with Gasteiger partial charge in [-0.05, 0) is 37.3 Å². The number of piperazine rings is 1. The van der Waals surface area contributed by atoms with E-state index in [1.165, 1.54) is 35.3 Å². The molecule has 0 spiro atoms. The molecule has 25 heavy (non-hydrogen) atoms. The molecule has 1 N–H and O–H groups in total. The minimum atomic E-state index is -0.793. The van der Waals surface area contributed by atoms with Gasteiger partial charge < -0.3 is 15.0 Å². The highest BCUT2D eigenvalue weighted by atomic mass is 32.1. The van der Waals surface area contributed by atoms with Crippen molar-refractivity contribution in [3.05, 3.63) is 21.4 Å². The molecular weight excluding hydrogens is 340 g/mol. The zero-order valence-electron chi connectivity index (χ0n) is 14.5. The summed E-state index contributed by atoms with van der Waals surface area (Å²) < 4.78 is 4.67. The number of amides is 2. The molecule has 0 aromatic carbocycles. The molecule has 7 heteroatoms. The number of methoxy groups -OCH3 is 1. The van der Waals surface area contributed by atoms with Crippen molar-refractivity contribution in [2.75, 3.05) is 20.2 Å². The predicted molar refractivity (Wildman–Crippen MR) is 94.7 cm³/mol. The van der Waals surface area contributed by atoms with Crippen LogP contribution in [-0.4, -0.2) is 48.9 Å². The molecule has 1 saturated heterocycles. The number of nitrogens with one attached hydrogen (secondary N) is 1. The molecule has 1 aromatic heterocycles. The van der Waals surface area contributed by atoms with Crippen molar-refractivity contribution >= 4 is 29.1 Å². The highest BCUT2D eigenvalue weighted by Gasteiger charge is 2.36. The van der Waals surface area contributed by atoms with E-state index in [0.29, 0.717) is 18.0 Å². The standard InChI is InChI=1S/C18H24N2O4S/c1-24-16(21)11-13-17(22)19-8-9-20(13)18(23)15-10-12-6-4-2-3-5-7-14(12)25-15/h10,13H,2-9,11H2,1H3,(H,19,22). The van der Waals surface area contributed by atoms with E-state index >= 15 is 0 Å². The summed E-state index contributed by atoms with van der Waals surface area (Å²) in [4.78, 5) is 40.3. The van der Waals surface area contributed by atoms with Crippen LogP contribution in [0.15, 0.2) is 6.07 Å². The van der Waals surface area contributed by atoms with E-state index in [1.54, 1.807) is 11.3 Å². The van der Waals surface area contributed by atoms with Crippen molar-refractivity contribution in [3.8, 4) is 0 Å². The fraction of sp³-hybridized carbons (Fsp3) is 0.611. The van der Waals surface area contributed by atoms with Gasteiger partial charge in [0.1, 0.15) is 6.04 Å². The van der Waals surface area contributed by atoms with E-state index in [4.69, 9.17) is 0 Å². The normalized spacial score (nSPS) is 20.9. The summed E-state index contributed by atoms with van der Waals surface area (Å²) in [6.07, 6.45) is 6.75. The average Bonchev–Trinajstić information content (AvgIpc) is 2.98. The Morgan fingerprint density at radius 3 is 2.80 bits per heavy atom. The lowest BCUT2D eigenvalue weighted by Gasteiger charge is -2.34. The van der Waals surface area contributed by atoms with Gasteiger partial charge in [0.15, 0.2) is 0 Å². The molecule has 1 fully saturated rings. The van der Waals surface area contributed by atoms with Crippen molar-refractivity contribution in [2.45, 2.75) is 51.0 Å². The third kappa shape index (κ3) is 4.03. The average molecular weight is 364 g/mol. The molecule has 6 nitrogen and oxygen atoms in total. The summed E-state index contributed by atoms with van der Waals surface area (Å²) >= 11 is 1.55. The van der Waals surface area contributed by atoms with Gasteiger partial charge in [-0.1, -0.05) is 12.8 Å². The minimum Gasteiger partial charge on any atom is -0.469 e. The van der Waals surface area contributed by atoms with Crippen LogP contribution in [0.4, 0.5) is 0 Å². The first-order valence-corrected chi connectivity index (χ1v) is 9.69. The molecule has 0 radical (unpaired) electrons. The summed E-state index contributed by atoms with van der Waals surface area (Å²) in [6.45, 7) is 0.822. The first-order chi connectivity index (χ1) is 12.1. The first-order valence-electron chi connectivity index (χ1n) is 8.87. The van der Waals surface area contributed by atoms with E-state index in [-0.39, 0.29) is 18.2 Å². The number of rotatable bonds is 3. The Labute approximate surface area is 151 Å². The highest BCUT2D eigenvalue weighted by molar-refractivity contribution is 7.14. The Hall–Kier alpha value is -1.89. The Morgan fingerprint density at radius 2 is 2.04 bits per heavy atom. The number of ether oxygens (including phenoxy) is 1. The summed E-state index contributed by atoms with van der Waals surface area (Å²) in [6, 6.07) is 1.20. The highest BCUT2D eigenvalue weighted by Crippen LogP contribution is 2.30. The number of aryl methyl sites for hydroxylation is 2. The van der Waals surface area contributed by atoms with Gasteiger partial charge in [-0.2, -0.15) is 0 Å². The molecule has 0 saturated carbocycles. The second-order valence-electron chi connectivity index (χ2n) is 6.56. The van der Waals surface area contributed by atoms with E-state index in [2.05, 4.69) is 10.1 Å². The van der Waals surface area contributed by atoms with E-state index in [9.17, 15) is 14.4 Å². The second kappa shape index (κ2) is 7.99. The molecule has 1 atom stereocenters. The van der Waals surface area contributed by atoms with Crippen LogP contribution >= 0.6 is 11.3 Å². The number of carbonyl (C=O) groups excluding carboxylic acids is 3. The fourth-order valence-electron chi connectivity index (χ4n) is 3.49. The van der Waals surface area contributed by atoms with Crippen LogP contribution in [0.2, 0.25) is 0 Å². The Morgan fingerprint density at radius 1 is 1.28 bits per heavy atom. The second-order valence-corrected chi connectivity index (χ2v) is 7.70. The maximum atomic E-state index is 13.0. The quantitative estimate of drug-likeness (QED) is 0.832. The molecule has 1 aliphatic heterocycles. The van der Waals surface area contributed by atoms with Gasteiger partial charge >= 0.3 is 5.97 Å². The SMILES string of the molecule is COC(=O)CC1C(=O)NCCN1C(=O)c1cc2c(s1)CCCCCC2. The third-order valence-corrected chi connectivity index (χ3v) is 6.11. The minimum absolute atomic E-state index is 0.112. The Bertz CT molecular complexity index is 645. The van der Waals surface area contributed by atoms with E-state index in [0.717, 1.165) is 25.7 Å². The van der Waals surface area contributed by atoms with Gasteiger partial charge in [0.05, 0.1) is 18.4 Å². The molecule has 2 aliphatic rings. The number of hydrogen-bond acceptors (Lipinski definition) is 5. The van der Waals surface area contributed by atoms with Crippen molar-refractivity contribution in [2.24, 2.45) is 0 Å². The largest absolute Gasteiger partial charge is 0.469 e. The summed E-state index contributed by atoms with van der Waals surface area (Å²) in [5.74, 6) is -0.932. The van der Waals surface area contributed by atoms with Crippen LogP contribution in [0.25, 0.3) is 0 Å². The smallest absolute Gasteiger partial charge is 0.308 e. The van der Waals surface area contributed by atoms with Gasteiger partial charge in [-0.3, -0.25) is 14.4 Å². The molecule has 1 aliphatic carbocycles. The molecular formula is C18H24N2O4S. The number of carbonyl (C=O) groups is 3. The number of thiophene rings is 1. The number of hydrogen-bond donors (Lipinski definition) is 1. The molecule has 1 aromatic rings. The van der Waals surface area contributed by atoms with Crippen LogP contribution in [0, 0.1) is 0 Å². The Kier molecular flexibility index (Phi) is 5.73. The maximum Gasteiger partial charge on any atom is 0.308 e. The molecule has 136 valence electrons. The monoisotopic (exact) mass is 364 g/mol. The predicted octanol–water partition coefficient (Wildman–Crippen LogP) is 1.91. The van der Waals surface area contributed by atoms with Crippen LogP contribution in [0.3, 0.4) is 0 Å². The van der Waals surface area contributed by atoms with Crippen LogP contribution < -0.4 is 5.32 Å². The van der Waals surface area contributed by atoms with Crippen LogP contribution in [0.1, 0.15) is 52.2 Å². The van der Waals surface area contributed by atoms with Gasteiger partial charge in [0.25, 0.3) is 5.91 Å². The zero-order chi connectivity index (χ0) is 17.8. The molecule has 3 rings (SSSR count). The molecule has 1 unspecified atom stereocenters. The lowest BCUT2D eigenvalue weighted by atomic mass is 9.99. The first kappa shape index (κ1) is 17.9. The number of nitrogens with zero attached hydrogens (tertiary/aromatic N) is 1. The molecule has 2 amide bonds. The number of fused-ring (bicyclic) bond motifs is 1. The van der Waals surface area contributed by atoms with Crippen molar-refractivity contribution < 1.29 is 19.1 Å². The fourth-order valence-corrected chi connectivity index (χ4v) is 4.70. The number of esters is 1. The van der Waals surface area contributed by atoms with Crippen molar-refractivity contribution in [1.82, 2.24) is 10.2 Å². The van der Waals surface area contributed by atoms with Crippen molar-refractivity contribution in [1.29, 1.82) is 0 Å². The lowest BCUT2D eigenvalue weighted by molar-refractivity contribution is -0.145. The third-order valence-electron chi connectivity index (χ3n) is 4.89. The van der Waals surface area contributed by atoms with Gasteiger partial charge in [-0.25, -0.2) is 0 Å². The summed E-state index contributed by atoms with van der Waals surface area (Å²) in [5, 5.41) is 2.73. The Balaban J connectivity index is 1.81. The van der Waals surface area contributed by atoms with E-state index in [1.807, 2.05) is 6.07 Å². The molecule has 0 bridgehead atoms. The van der Waals surface area contributed by atoms with Crippen molar-refractivity contribution in [3.63, 3.8) is 0 Å². The maximum absolute atomic E-state index is 13.0. The summed E-state index contributed by atoms with van der Waals surface area (Å²) in [5.41, 5.74) is 1.28. The lowest BCUT2D eigenvalue weighted by Crippen LogP contribution is -2.57. The van der Waals surface area contributed by atoms with Crippen LogP contribution in [0.5, 0.6) is 0 Å². The topological polar surface area (TPSA) is 75.7 Å². The van der Waals surface area contributed by atoms with Gasteiger partial charge in [-0.15, -0.1) is 11.3 Å². The summed E-state index contributed by atoms with van der Waals surface area (Å²) in [7, 11) is 1.29. The molecule has 2 heterocycles. The van der Waals surface area contributed by atoms with Gasteiger partial charge in [0, 0.05) is 18.0 Å². The van der Waals surface area contributed by atoms with Gasteiger partial charge in [0.2, 0.25) is 5.91 Å². The zero-order valence-corrected chi connectivity index (χ0v) is 15.3. The van der Waals surface area contributed by atoms with Crippen LogP contribution in [-0.2, 0) is 27.2 Å².